The summed E-state index contributed by atoms with van der Waals surface area (Å²) in [5.74, 6) is -0.457. The summed E-state index contributed by atoms with van der Waals surface area (Å²) in [4.78, 5) is 25.9. The average molecular weight is 343 g/mol. The van der Waals surface area contributed by atoms with Gasteiger partial charge in [0.2, 0.25) is 11.8 Å². The first-order chi connectivity index (χ1) is 10.1. The predicted octanol–water partition coefficient (Wildman–Crippen LogP) is 3.28. The fraction of sp³-hybridized carbons (Fsp3) is 0.500. The van der Waals surface area contributed by atoms with Crippen molar-refractivity contribution >= 4 is 40.7 Å². The van der Waals surface area contributed by atoms with E-state index < -0.39 is 9.75 Å². The maximum Gasteiger partial charge on any atom is 0.243 e. The Bertz CT molecular complexity index is 610. The van der Waals surface area contributed by atoms with Crippen molar-refractivity contribution in [2.75, 3.05) is 18.9 Å². The van der Waals surface area contributed by atoms with E-state index in [-0.39, 0.29) is 18.4 Å². The van der Waals surface area contributed by atoms with Crippen LogP contribution in [-0.4, -0.2) is 34.6 Å². The van der Waals surface area contributed by atoms with Crippen LogP contribution in [0.5, 0.6) is 0 Å². The number of amides is 2. The topological polar surface area (TPSA) is 49.4 Å². The van der Waals surface area contributed by atoms with Crippen LogP contribution in [-0.2, 0) is 9.59 Å². The highest BCUT2D eigenvalue weighted by molar-refractivity contribution is 6.53. The number of para-hydroxylation sites is 1. The molecule has 0 saturated heterocycles. The molecule has 1 aliphatic carbocycles. The largest absolute Gasteiger partial charge is 0.336 e. The van der Waals surface area contributed by atoms with Gasteiger partial charge in [-0.3, -0.25) is 9.59 Å². The van der Waals surface area contributed by atoms with Crippen molar-refractivity contribution < 1.29 is 9.59 Å². The van der Waals surface area contributed by atoms with Crippen LogP contribution in [0.3, 0.4) is 0 Å². The van der Waals surface area contributed by atoms with Crippen LogP contribution < -0.4 is 5.32 Å². The minimum atomic E-state index is -1.03. The van der Waals surface area contributed by atoms with Gasteiger partial charge in [0, 0.05) is 12.7 Å². The second-order valence-electron chi connectivity index (χ2n) is 6.19. The van der Waals surface area contributed by atoms with Crippen LogP contribution in [0.2, 0.25) is 0 Å². The Morgan fingerprint density at radius 2 is 1.77 bits per heavy atom. The molecule has 1 aromatic carbocycles. The first-order valence-electron chi connectivity index (χ1n) is 7.08. The summed E-state index contributed by atoms with van der Waals surface area (Å²) < 4.78 is -1.03. The monoisotopic (exact) mass is 342 g/mol. The molecule has 1 aliphatic rings. The number of nitrogens with one attached hydrogen (secondary N) is 1. The zero-order valence-electron chi connectivity index (χ0n) is 13.2. The molecule has 4 nitrogen and oxygen atoms in total. The summed E-state index contributed by atoms with van der Waals surface area (Å²) in [5, 5.41) is 2.86. The van der Waals surface area contributed by atoms with Gasteiger partial charge < -0.3 is 10.2 Å². The zero-order valence-corrected chi connectivity index (χ0v) is 14.7. The zero-order chi connectivity index (χ0) is 16.7. The number of hydrogen-bond acceptors (Lipinski definition) is 2. The van der Waals surface area contributed by atoms with Gasteiger partial charge in [-0.25, -0.2) is 0 Å². The number of likely N-dealkylation sites (N-methyl/N-ethyl adjacent to an activating group) is 1. The lowest BCUT2D eigenvalue weighted by molar-refractivity contribution is -0.137. The lowest BCUT2D eigenvalue weighted by atomic mass is 10.1. The van der Waals surface area contributed by atoms with E-state index in [2.05, 4.69) is 5.32 Å². The number of alkyl halides is 2. The highest BCUT2D eigenvalue weighted by Gasteiger charge is 2.68. The number of rotatable bonds is 4. The van der Waals surface area contributed by atoms with Crippen molar-refractivity contribution in [3.8, 4) is 0 Å². The molecule has 0 aliphatic heterocycles. The van der Waals surface area contributed by atoms with Crippen molar-refractivity contribution in [2.45, 2.75) is 31.5 Å². The molecule has 0 aromatic heterocycles. The number of carbonyl (C=O) groups is 2. The number of benzene rings is 1. The third-order valence-corrected chi connectivity index (χ3v) is 5.30. The standard InChI is InChI=1S/C16H20Cl2N2O2/c1-10-6-5-7-11(2)13(10)19-12(21)8-20(4)14(22)15(3)9-16(15,17)18/h5-7H,8-9H2,1-4H3,(H,19,21). The number of nitrogens with zero attached hydrogens (tertiary/aromatic N) is 1. The molecule has 1 atom stereocenters. The van der Waals surface area contributed by atoms with Crippen LogP contribution in [0.1, 0.15) is 24.5 Å². The molecule has 2 rings (SSSR count). The SMILES string of the molecule is Cc1cccc(C)c1NC(=O)CN(C)C(=O)C1(C)CC1(Cl)Cl. The number of aryl methyl sites for hydroxylation is 2. The van der Waals surface area contributed by atoms with E-state index in [0.717, 1.165) is 16.8 Å². The molecule has 0 spiro atoms. The maximum atomic E-state index is 12.3. The van der Waals surface area contributed by atoms with Crippen LogP contribution in [0.25, 0.3) is 0 Å². The average Bonchev–Trinajstić information content (AvgIpc) is 2.93. The summed E-state index contributed by atoms with van der Waals surface area (Å²) in [6, 6.07) is 5.79. The summed E-state index contributed by atoms with van der Waals surface area (Å²) in [5.41, 5.74) is 1.95. The van der Waals surface area contributed by atoms with Crippen molar-refractivity contribution in [1.29, 1.82) is 0 Å². The van der Waals surface area contributed by atoms with Gasteiger partial charge in [-0.05, 0) is 38.3 Å². The van der Waals surface area contributed by atoms with Gasteiger partial charge in [0.15, 0.2) is 0 Å². The predicted molar refractivity (Wildman–Crippen MR) is 89.3 cm³/mol. The molecular weight excluding hydrogens is 323 g/mol. The minimum absolute atomic E-state index is 0.0357. The lowest BCUT2D eigenvalue weighted by Crippen LogP contribution is -2.40. The van der Waals surface area contributed by atoms with Gasteiger partial charge in [0.1, 0.15) is 4.33 Å². The van der Waals surface area contributed by atoms with Crippen molar-refractivity contribution in [3.05, 3.63) is 29.3 Å². The second kappa shape index (κ2) is 5.74. The Morgan fingerprint density at radius 3 is 2.23 bits per heavy atom. The summed E-state index contributed by atoms with van der Waals surface area (Å²) in [6.45, 7) is 5.54. The second-order valence-corrected chi connectivity index (χ2v) is 7.67. The molecule has 2 amide bonds. The Morgan fingerprint density at radius 1 is 1.27 bits per heavy atom. The lowest BCUT2D eigenvalue weighted by Gasteiger charge is -2.22. The van der Waals surface area contributed by atoms with Gasteiger partial charge in [0.25, 0.3) is 0 Å². The molecule has 120 valence electrons. The number of hydrogen-bond donors (Lipinski definition) is 1. The van der Waals surface area contributed by atoms with Crippen LogP contribution >= 0.6 is 23.2 Å². The highest BCUT2D eigenvalue weighted by atomic mass is 35.5. The summed E-state index contributed by atoms with van der Waals surface area (Å²) in [6.07, 6.45) is 0.408. The summed E-state index contributed by atoms with van der Waals surface area (Å²) >= 11 is 12.0. The Kier molecular flexibility index (Phi) is 4.46. The fourth-order valence-electron chi connectivity index (χ4n) is 2.53. The maximum absolute atomic E-state index is 12.3. The van der Waals surface area contributed by atoms with Crippen LogP contribution in [0, 0.1) is 19.3 Å². The molecule has 1 unspecified atom stereocenters. The number of anilines is 1. The minimum Gasteiger partial charge on any atom is -0.336 e. The van der Waals surface area contributed by atoms with E-state index in [1.807, 2.05) is 32.0 Å². The molecule has 1 N–H and O–H groups in total. The van der Waals surface area contributed by atoms with Gasteiger partial charge in [-0.2, -0.15) is 0 Å². The molecular formula is C16H20Cl2N2O2. The van der Waals surface area contributed by atoms with E-state index in [0.29, 0.717) is 6.42 Å². The van der Waals surface area contributed by atoms with E-state index in [4.69, 9.17) is 23.2 Å². The molecule has 0 radical (unpaired) electrons. The van der Waals surface area contributed by atoms with Crippen molar-refractivity contribution in [2.24, 2.45) is 5.41 Å². The fourth-order valence-corrected chi connectivity index (χ4v) is 3.23. The molecule has 6 heteroatoms. The van der Waals surface area contributed by atoms with E-state index in [1.54, 1.807) is 14.0 Å². The Hall–Kier alpha value is -1.26. The van der Waals surface area contributed by atoms with E-state index in [9.17, 15) is 9.59 Å². The van der Waals surface area contributed by atoms with Gasteiger partial charge in [0.05, 0.1) is 12.0 Å². The van der Waals surface area contributed by atoms with E-state index >= 15 is 0 Å². The number of carbonyl (C=O) groups excluding carboxylic acids is 2. The quantitative estimate of drug-likeness (QED) is 0.853. The third-order valence-electron chi connectivity index (χ3n) is 4.20. The van der Waals surface area contributed by atoms with E-state index in [1.165, 1.54) is 4.90 Å². The molecule has 22 heavy (non-hydrogen) atoms. The Labute approximate surface area is 140 Å². The van der Waals surface area contributed by atoms with Crippen LogP contribution in [0.15, 0.2) is 18.2 Å². The first kappa shape index (κ1) is 17.1. The van der Waals surface area contributed by atoms with Crippen LogP contribution in [0.4, 0.5) is 5.69 Å². The van der Waals surface area contributed by atoms with Gasteiger partial charge in [-0.1, -0.05) is 18.2 Å². The molecule has 1 aromatic rings. The smallest absolute Gasteiger partial charge is 0.243 e. The third kappa shape index (κ3) is 3.08. The van der Waals surface area contributed by atoms with Gasteiger partial charge in [-0.15, -0.1) is 23.2 Å². The summed E-state index contributed by atoms with van der Waals surface area (Å²) in [7, 11) is 1.58. The highest BCUT2D eigenvalue weighted by Crippen LogP contribution is 2.64. The first-order valence-corrected chi connectivity index (χ1v) is 7.83. The molecule has 0 heterocycles. The normalized spacial score (nSPS) is 22.1. The molecule has 1 fully saturated rings. The van der Waals surface area contributed by atoms with Crippen molar-refractivity contribution in [1.82, 2.24) is 4.90 Å². The van der Waals surface area contributed by atoms with Crippen molar-refractivity contribution in [3.63, 3.8) is 0 Å². The molecule has 1 saturated carbocycles. The Balaban J connectivity index is 1.99. The van der Waals surface area contributed by atoms with Gasteiger partial charge >= 0.3 is 0 Å². The number of halogens is 2. The molecule has 0 bridgehead atoms.